The van der Waals surface area contributed by atoms with Gasteiger partial charge >= 0.3 is 160 Å². The molecule has 130 valence electrons. The Balaban J connectivity index is 1.80. The molecular weight excluding hydrogens is 403 g/mol. The number of amides is 2. The first kappa shape index (κ1) is 19.5. The van der Waals surface area contributed by atoms with Crippen LogP contribution in [0.1, 0.15) is 22.3 Å². The first-order valence-electron chi connectivity index (χ1n) is 7.73. The molecule has 25 heavy (non-hydrogen) atoms. The van der Waals surface area contributed by atoms with Crippen molar-refractivity contribution in [3.63, 3.8) is 0 Å². The van der Waals surface area contributed by atoms with Crippen LogP contribution in [0, 0.1) is 0 Å². The van der Waals surface area contributed by atoms with Crippen LogP contribution < -0.4 is 10.9 Å². The second kappa shape index (κ2) is 9.61. The zero-order valence-electron chi connectivity index (χ0n) is 13.4. The van der Waals surface area contributed by atoms with E-state index in [0.717, 1.165) is 12.0 Å². The van der Waals surface area contributed by atoms with E-state index in [1.165, 1.54) is 6.07 Å². The Bertz CT molecular complexity index is 727. The van der Waals surface area contributed by atoms with E-state index >= 15 is 0 Å². The summed E-state index contributed by atoms with van der Waals surface area (Å²) in [5.41, 5.74) is 5.96. The first-order chi connectivity index (χ1) is 12.0. The van der Waals surface area contributed by atoms with E-state index in [9.17, 15) is 14.7 Å². The number of aliphatic hydroxyl groups is 1. The second-order valence-electron chi connectivity index (χ2n) is 5.49. The van der Waals surface area contributed by atoms with E-state index in [1.54, 1.807) is 18.2 Å². The summed E-state index contributed by atoms with van der Waals surface area (Å²) in [6, 6.07) is 16.2. The summed E-state index contributed by atoms with van der Waals surface area (Å²) in [4.78, 5) is 23.9. The van der Waals surface area contributed by atoms with Crippen LogP contribution in [0.15, 0.2) is 54.6 Å². The van der Waals surface area contributed by atoms with Crippen LogP contribution in [0.2, 0.25) is 9.73 Å². The normalized spacial score (nSPS) is 12.9. The molecule has 0 aliphatic heterocycles. The molecular formula is C18H18AsClN2O3. The predicted octanol–water partition coefficient (Wildman–Crippen LogP) is 2.05. The van der Waals surface area contributed by atoms with Gasteiger partial charge in [0.25, 0.3) is 0 Å². The standard InChI is InChI=1S/C18H18AsClN2O3/c19-15(10-9-12-5-2-1-3-6-12)16(23)18(25)22-21-17(24)13-7-4-8-14(20)11-13/h1-8,11,15-16,23H,9-10H2,(H,21,24)(H,22,25)/t15-,16-/m1/s1. The summed E-state index contributed by atoms with van der Waals surface area (Å²) in [7, 11) is 0. The monoisotopic (exact) mass is 420 g/mol. The fourth-order valence-corrected chi connectivity index (χ4v) is 2.93. The van der Waals surface area contributed by atoms with Crippen molar-refractivity contribution in [1.82, 2.24) is 10.9 Å². The number of hydrogen-bond donors (Lipinski definition) is 3. The third-order valence-electron chi connectivity index (χ3n) is 3.59. The number of aliphatic hydroxyl groups excluding tert-OH is 1. The molecule has 3 N–H and O–H groups in total. The number of halogens is 1. The molecule has 0 spiro atoms. The Morgan fingerprint density at radius 2 is 1.80 bits per heavy atom. The number of aryl methyl sites for hydroxylation is 1. The number of carbonyl (C=O) groups is 2. The van der Waals surface area contributed by atoms with Crippen LogP contribution in [0.4, 0.5) is 0 Å². The molecule has 2 rings (SSSR count). The Morgan fingerprint density at radius 3 is 2.48 bits per heavy atom. The van der Waals surface area contributed by atoms with E-state index in [2.05, 4.69) is 27.7 Å². The Kier molecular flexibility index (Phi) is 7.50. The molecule has 2 radical (unpaired) electrons. The van der Waals surface area contributed by atoms with Gasteiger partial charge in [-0.2, -0.15) is 0 Å². The van der Waals surface area contributed by atoms with Crippen LogP contribution in [0.3, 0.4) is 0 Å². The maximum absolute atomic E-state index is 12.0. The van der Waals surface area contributed by atoms with Crippen molar-refractivity contribution < 1.29 is 14.7 Å². The molecule has 0 bridgehead atoms. The zero-order chi connectivity index (χ0) is 18.2. The number of carbonyl (C=O) groups excluding carboxylic acids is 2. The molecule has 0 heterocycles. The van der Waals surface area contributed by atoms with Crippen LogP contribution in [0.25, 0.3) is 0 Å². The molecule has 0 aliphatic carbocycles. The quantitative estimate of drug-likeness (QED) is 0.494. The SMILES string of the molecule is O=C(NNC(=O)[C@H](O)[C@H]([As])CCc1ccccc1)c1cccc(Cl)c1. The molecule has 0 saturated heterocycles. The van der Waals surface area contributed by atoms with Crippen LogP contribution in [0.5, 0.6) is 0 Å². The van der Waals surface area contributed by atoms with Gasteiger partial charge in [0.15, 0.2) is 0 Å². The van der Waals surface area contributed by atoms with Gasteiger partial charge in [0.05, 0.1) is 0 Å². The number of benzene rings is 2. The second-order valence-corrected chi connectivity index (χ2v) is 7.32. The van der Waals surface area contributed by atoms with Crippen LogP contribution in [-0.4, -0.2) is 39.9 Å². The summed E-state index contributed by atoms with van der Waals surface area (Å²) in [6.45, 7) is 0. The number of hydrazine groups is 1. The van der Waals surface area contributed by atoms with Gasteiger partial charge in [-0.3, -0.25) is 0 Å². The average molecular weight is 421 g/mol. The zero-order valence-corrected chi connectivity index (χ0v) is 16.0. The molecule has 0 aliphatic rings. The van der Waals surface area contributed by atoms with Crippen molar-refractivity contribution in [1.29, 1.82) is 0 Å². The van der Waals surface area contributed by atoms with Gasteiger partial charge in [0.2, 0.25) is 0 Å². The summed E-state index contributed by atoms with van der Waals surface area (Å²) >= 11 is 8.13. The van der Waals surface area contributed by atoms with Crippen molar-refractivity contribution >= 4 is 40.3 Å². The molecule has 0 saturated carbocycles. The number of rotatable bonds is 6. The molecule has 2 atom stereocenters. The molecule has 2 amide bonds. The summed E-state index contributed by atoms with van der Waals surface area (Å²) in [5.74, 6) is -1.16. The van der Waals surface area contributed by atoms with Crippen LogP contribution >= 0.6 is 11.6 Å². The molecule has 7 heteroatoms. The molecule has 0 fully saturated rings. The van der Waals surface area contributed by atoms with E-state index in [-0.39, 0.29) is 4.71 Å². The van der Waals surface area contributed by atoms with E-state index < -0.39 is 17.9 Å². The Labute approximate surface area is 160 Å². The van der Waals surface area contributed by atoms with Crippen molar-refractivity contribution in [3.05, 3.63) is 70.7 Å². The Morgan fingerprint density at radius 1 is 1.08 bits per heavy atom. The summed E-state index contributed by atoms with van der Waals surface area (Å²) < 4.78 is -0.309. The topological polar surface area (TPSA) is 78.4 Å². The average Bonchev–Trinajstić information content (AvgIpc) is 2.64. The van der Waals surface area contributed by atoms with Gasteiger partial charge in [-0.25, -0.2) is 0 Å². The van der Waals surface area contributed by atoms with E-state index in [4.69, 9.17) is 11.6 Å². The van der Waals surface area contributed by atoms with Crippen LogP contribution in [-0.2, 0) is 11.2 Å². The van der Waals surface area contributed by atoms with Crippen molar-refractivity contribution in [2.75, 3.05) is 0 Å². The van der Waals surface area contributed by atoms with Gasteiger partial charge in [-0.05, 0) is 0 Å². The van der Waals surface area contributed by atoms with Crippen molar-refractivity contribution in [2.24, 2.45) is 0 Å². The third kappa shape index (κ3) is 6.20. The van der Waals surface area contributed by atoms with Gasteiger partial charge in [-0.15, -0.1) is 0 Å². The predicted molar refractivity (Wildman–Crippen MR) is 97.3 cm³/mol. The number of nitrogens with one attached hydrogen (secondary N) is 2. The summed E-state index contributed by atoms with van der Waals surface area (Å²) in [6.07, 6.45) is 0.142. The summed E-state index contributed by atoms with van der Waals surface area (Å²) in [5, 5.41) is 10.5. The molecule has 0 unspecified atom stereocenters. The molecule has 5 nitrogen and oxygen atoms in total. The minimum atomic E-state index is -1.23. The maximum atomic E-state index is 12.0. The minimum absolute atomic E-state index is 0.309. The number of hydrogen-bond acceptors (Lipinski definition) is 3. The molecule has 0 aromatic heterocycles. The fourth-order valence-electron chi connectivity index (χ4n) is 2.19. The molecule has 2 aromatic carbocycles. The van der Waals surface area contributed by atoms with E-state index in [1.807, 2.05) is 30.3 Å². The first-order valence-corrected chi connectivity index (χ1v) is 9.19. The van der Waals surface area contributed by atoms with Gasteiger partial charge in [-0.1, -0.05) is 0 Å². The third-order valence-corrected chi connectivity index (χ3v) is 4.96. The Hall–Kier alpha value is -1.81. The van der Waals surface area contributed by atoms with Gasteiger partial charge < -0.3 is 0 Å². The molecule has 2 aromatic rings. The fraction of sp³-hybridized carbons (Fsp3) is 0.222. The van der Waals surface area contributed by atoms with Gasteiger partial charge in [0.1, 0.15) is 0 Å². The van der Waals surface area contributed by atoms with Crippen molar-refractivity contribution in [2.45, 2.75) is 23.7 Å². The van der Waals surface area contributed by atoms with Crippen molar-refractivity contribution in [3.8, 4) is 0 Å². The van der Waals surface area contributed by atoms with Gasteiger partial charge in [0, 0.05) is 0 Å². The van der Waals surface area contributed by atoms with E-state index in [0.29, 0.717) is 17.0 Å².